The van der Waals surface area contributed by atoms with Gasteiger partial charge in [0.25, 0.3) is 0 Å². The number of nitrogens with zero attached hydrogens (tertiary/aromatic N) is 2. The molecule has 0 radical (unpaired) electrons. The number of aliphatic carboxylic acids is 1. The van der Waals surface area contributed by atoms with Crippen LogP contribution in [0.2, 0.25) is 0 Å². The number of carbonyl (C=O) groups is 5. The average Bonchev–Trinajstić information content (AvgIpc) is 2.76. The van der Waals surface area contributed by atoms with Crippen LogP contribution >= 0.6 is 0 Å². The van der Waals surface area contributed by atoms with Gasteiger partial charge in [0.15, 0.2) is 6.29 Å². The van der Waals surface area contributed by atoms with Crippen LogP contribution in [0.5, 0.6) is 0 Å². The van der Waals surface area contributed by atoms with Crippen molar-refractivity contribution in [3.63, 3.8) is 0 Å². The lowest BCUT2D eigenvalue weighted by Gasteiger charge is -2.26. The van der Waals surface area contributed by atoms with Crippen molar-refractivity contribution >= 4 is 29.8 Å². The Morgan fingerprint density at radius 1 is 0.694 bits per heavy atom. The molecule has 0 fully saturated rings. The van der Waals surface area contributed by atoms with Crippen LogP contribution in [0, 0.1) is 0 Å². The maximum atomic E-state index is 12.0. The minimum absolute atomic E-state index is 0.0336. The summed E-state index contributed by atoms with van der Waals surface area (Å²) in [5.41, 5.74) is 0.368. The quantitative estimate of drug-likeness (QED) is 0.0577. The number of carboxylic acid groups (broad SMARTS) is 1. The Bertz CT molecular complexity index is 796. The maximum Gasteiger partial charge on any atom is 0.333 e. The van der Waals surface area contributed by atoms with Crippen LogP contribution in [0.4, 0.5) is 0 Å². The molecule has 36 heavy (non-hydrogen) atoms. The number of ether oxygens (including phenoxy) is 4. The molecule has 0 aliphatic carbocycles. The molecule has 3 N–H and O–H groups in total. The van der Waals surface area contributed by atoms with Crippen molar-refractivity contribution in [1.29, 1.82) is 0 Å². The van der Waals surface area contributed by atoms with Gasteiger partial charge in [0.2, 0.25) is 0 Å². The van der Waals surface area contributed by atoms with Crippen molar-refractivity contribution in [1.82, 2.24) is 9.80 Å². The van der Waals surface area contributed by atoms with Crippen LogP contribution in [0.1, 0.15) is 13.8 Å². The fraction of sp³-hybridized carbons (Fsp3) is 0.591. The third-order valence-corrected chi connectivity index (χ3v) is 4.07. The molecule has 0 bridgehead atoms. The Labute approximate surface area is 208 Å². The van der Waals surface area contributed by atoms with Gasteiger partial charge in [-0.1, -0.05) is 13.2 Å². The maximum absolute atomic E-state index is 12.0. The van der Waals surface area contributed by atoms with Gasteiger partial charge in [0.1, 0.15) is 26.4 Å². The second-order valence-electron chi connectivity index (χ2n) is 7.59. The molecule has 0 rings (SSSR count). The highest BCUT2D eigenvalue weighted by molar-refractivity contribution is 5.87. The molecule has 0 aliphatic heterocycles. The summed E-state index contributed by atoms with van der Waals surface area (Å²) in [6.45, 7) is 7.08. The standard InChI is InChI=1S/C22H34N2O12/c1-15(2)21(31)35-9-7-33-19(29)13-23(11-17(25)26)5-6-24(12-18(27)28)14-20(30)34-8-10-36-22(32)16(3)4/h17,25-26H,1,3,5-14H2,2,4H3,(H,27,28). The first kappa shape index (κ1) is 32.7. The summed E-state index contributed by atoms with van der Waals surface area (Å²) in [7, 11) is 0. The van der Waals surface area contributed by atoms with E-state index in [1.54, 1.807) is 0 Å². The smallest absolute Gasteiger partial charge is 0.333 e. The molecule has 0 aromatic rings. The molecule has 0 heterocycles. The number of esters is 4. The van der Waals surface area contributed by atoms with Crippen LogP contribution < -0.4 is 0 Å². The van der Waals surface area contributed by atoms with E-state index in [0.29, 0.717) is 0 Å². The van der Waals surface area contributed by atoms with Crippen molar-refractivity contribution < 1.29 is 58.2 Å². The lowest BCUT2D eigenvalue weighted by Crippen LogP contribution is -2.44. The van der Waals surface area contributed by atoms with E-state index in [1.807, 2.05) is 0 Å². The van der Waals surface area contributed by atoms with Gasteiger partial charge in [-0.05, 0) is 13.8 Å². The predicted molar refractivity (Wildman–Crippen MR) is 122 cm³/mol. The SMILES string of the molecule is C=C(C)C(=O)OCCOC(=O)CN(CCN(CC(=O)OCCOC(=O)C(=C)C)CC(O)O)CC(=O)O. The van der Waals surface area contributed by atoms with E-state index < -0.39 is 49.2 Å². The molecule has 0 saturated carbocycles. The van der Waals surface area contributed by atoms with Crippen molar-refractivity contribution in [3.8, 4) is 0 Å². The highest BCUT2D eigenvalue weighted by atomic mass is 16.6. The van der Waals surface area contributed by atoms with Crippen LogP contribution in [0.3, 0.4) is 0 Å². The van der Waals surface area contributed by atoms with Gasteiger partial charge in [-0.2, -0.15) is 0 Å². The molecule has 0 amide bonds. The summed E-state index contributed by atoms with van der Waals surface area (Å²) >= 11 is 0. The molecule has 0 aromatic heterocycles. The van der Waals surface area contributed by atoms with Gasteiger partial charge in [-0.15, -0.1) is 0 Å². The van der Waals surface area contributed by atoms with Crippen LogP contribution in [0.15, 0.2) is 24.3 Å². The highest BCUT2D eigenvalue weighted by Gasteiger charge is 2.20. The molecule has 0 aliphatic rings. The Morgan fingerprint density at radius 2 is 1.08 bits per heavy atom. The third-order valence-electron chi connectivity index (χ3n) is 4.07. The first-order valence-corrected chi connectivity index (χ1v) is 10.8. The normalized spacial score (nSPS) is 10.8. The zero-order chi connectivity index (χ0) is 27.7. The molecular weight excluding hydrogens is 484 g/mol. The van der Waals surface area contributed by atoms with Gasteiger partial charge in [0, 0.05) is 30.8 Å². The minimum atomic E-state index is -1.80. The largest absolute Gasteiger partial charge is 0.480 e. The predicted octanol–water partition coefficient (Wildman–Crippen LogP) is -1.69. The molecule has 0 atom stereocenters. The number of carbonyl (C=O) groups excluding carboxylic acids is 4. The average molecular weight is 519 g/mol. The van der Waals surface area contributed by atoms with E-state index in [2.05, 4.69) is 13.2 Å². The first-order valence-electron chi connectivity index (χ1n) is 10.8. The topological polar surface area (TPSA) is 189 Å². The Balaban J connectivity index is 4.70. The summed E-state index contributed by atoms with van der Waals surface area (Å²) < 4.78 is 19.4. The summed E-state index contributed by atoms with van der Waals surface area (Å²) in [6.07, 6.45) is -1.80. The summed E-state index contributed by atoms with van der Waals surface area (Å²) in [5.74, 6) is -4.04. The van der Waals surface area contributed by atoms with Crippen LogP contribution in [-0.4, -0.2) is 127 Å². The molecule has 14 nitrogen and oxygen atoms in total. The minimum Gasteiger partial charge on any atom is -0.480 e. The number of aliphatic hydroxyl groups excluding tert-OH is 1. The van der Waals surface area contributed by atoms with Gasteiger partial charge >= 0.3 is 29.8 Å². The second kappa shape index (κ2) is 18.0. The number of hydrogen-bond donors (Lipinski definition) is 3. The first-order chi connectivity index (χ1) is 16.8. The van der Waals surface area contributed by atoms with Crippen molar-refractivity contribution in [2.45, 2.75) is 20.1 Å². The molecule has 0 saturated heterocycles. The fourth-order valence-corrected chi connectivity index (χ4v) is 2.44. The van der Waals surface area contributed by atoms with Gasteiger partial charge < -0.3 is 34.3 Å². The molecule has 0 aromatic carbocycles. The lowest BCUT2D eigenvalue weighted by molar-refractivity contribution is -0.153. The van der Waals surface area contributed by atoms with E-state index in [9.17, 15) is 34.2 Å². The monoisotopic (exact) mass is 518 g/mol. The molecule has 0 spiro atoms. The third kappa shape index (κ3) is 17.2. The van der Waals surface area contributed by atoms with Crippen molar-refractivity contribution in [2.75, 3.05) is 65.7 Å². The van der Waals surface area contributed by atoms with Crippen LogP contribution in [-0.2, 0) is 42.9 Å². The van der Waals surface area contributed by atoms with E-state index in [-0.39, 0.29) is 63.8 Å². The summed E-state index contributed by atoms with van der Waals surface area (Å²) in [4.78, 5) is 60.3. The number of carboxylic acids is 1. The van der Waals surface area contributed by atoms with Gasteiger partial charge in [-0.3, -0.25) is 24.2 Å². The lowest BCUT2D eigenvalue weighted by atomic mass is 10.3. The summed E-state index contributed by atoms with van der Waals surface area (Å²) in [6, 6.07) is 0. The fourth-order valence-electron chi connectivity index (χ4n) is 2.44. The molecular formula is C22H34N2O12. The Hall–Kier alpha value is -3.33. The van der Waals surface area contributed by atoms with E-state index >= 15 is 0 Å². The summed E-state index contributed by atoms with van der Waals surface area (Å²) in [5, 5.41) is 27.7. The molecule has 204 valence electrons. The Kier molecular flexibility index (Phi) is 16.3. The number of rotatable bonds is 19. The highest BCUT2D eigenvalue weighted by Crippen LogP contribution is 1.99. The molecule has 14 heteroatoms. The van der Waals surface area contributed by atoms with E-state index in [0.717, 1.165) is 0 Å². The number of hydrogen-bond acceptors (Lipinski definition) is 13. The van der Waals surface area contributed by atoms with Crippen molar-refractivity contribution in [3.05, 3.63) is 24.3 Å². The van der Waals surface area contributed by atoms with Crippen molar-refractivity contribution in [2.24, 2.45) is 0 Å². The Morgan fingerprint density at radius 3 is 1.47 bits per heavy atom. The zero-order valence-electron chi connectivity index (χ0n) is 20.5. The van der Waals surface area contributed by atoms with E-state index in [4.69, 9.17) is 24.1 Å². The van der Waals surface area contributed by atoms with Crippen LogP contribution in [0.25, 0.3) is 0 Å². The van der Waals surface area contributed by atoms with Gasteiger partial charge in [0.05, 0.1) is 19.6 Å². The number of aliphatic hydroxyl groups is 2. The van der Waals surface area contributed by atoms with Gasteiger partial charge in [-0.25, -0.2) is 9.59 Å². The second-order valence-corrected chi connectivity index (χ2v) is 7.59. The zero-order valence-corrected chi connectivity index (χ0v) is 20.5. The molecule has 0 unspecified atom stereocenters. The van der Waals surface area contributed by atoms with E-state index in [1.165, 1.54) is 23.6 Å².